The number of hydrogen-bond donors (Lipinski definition) is 4. The van der Waals surface area contributed by atoms with Gasteiger partial charge in [0.1, 0.15) is 30.8 Å². The molecule has 35 heavy (non-hydrogen) atoms. The number of aliphatic carboxylic acids is 1. The quantitative estimate of drug-likeness (QED) is 0.382. The third-order valence-electron chi connectivity index (χ3n) is 5.74. The molecule has 0 bridgehead atoms. The van der Waals surface area contributed by atoms with Gasteiger partial charge in [-0.2, -0.15) is 0 Å². The number of carboxylic acids is 1. The Balaban J connectivity index is 1.87. The number of amides is 4. The van der Waals surface area contributed by atoms with Crippen molar-refractivity contribution in [2.24, 2.45) is 5.92 Å². The normalized spacial score (nSPS) is 17.7. The number of nitrogens with one attached hydrogen (secondary N) is 3. The van der Waals surface area contributed by atoms with E-state index in [0.717, 1.165) is 5.56 Å². The standard InChI is InChI=1S/C24H34N4O7/c1-14(2)19(23(32)33)27-21(30)18-11-8-12-28(18)22(31)16(4)25-20(29)15(3)26-24(34)35-13-17-9-6-5-7-10-17/h5-7,9-10,14-16,18-19H,8,11-13H2,1-4H3,(H,25,29)(H,26,34)(H,27,30)(H,32,33)/t15-,16-,18?,19-/m0/s1. The van der Waals surface area contributed by atoms with Gasteiger partial charge in [0.15, 0.2) is 0 Å². The van der Waals surface area contributed by atoms with E-state index in [1.54, 1.807) is 26.0 Å². The smallest absolute Gasteiger partial charge is 0.408 e. The summed E-state index contributed by atoms with van der Waals surface area (Å²) in [4.78, 5) is 62.9. The minimum absolute atomic E-state index is 0.0495. The van der Waals surface area contributed by atoms with E-state index in [-0.39, 0.29) is 12.5 Å². The van der Waals surface area contributed by atoms with Crippen LogP contribution in [0.4, 0.5) is 4.79 Å². The van der Waals surface area contributed by atoms with Crippen molar-refractivity contribution < 1.29 is 33.8 Å². The number of carboxylic acid groups (broad SMARTS) is 1. The average molecular weight is 491 g/mol. The minimum atomic E-state index is -1.14. The number of nitrogens with zero attached hydrogens (tertiary/aromatic N) is 1. The molecule has 0 aliphatic carbocycles. The first kappa shape index (κ1) is 27.6. The van der Waals surface area contributed by atoms with E-state index in [2.05, 4.69) is 16.0 Å². The first-order valence-corrected chi connectivity index (χ1v) is 11.6. The highest BCUT2D eigenvalue weighted by Crippen LogP contribution is 2.19. The van der Waals surface area contributed by atoms with Crippen LogP contribution in [0.25, 0.3) is 0 Å². The van der Waals surface area contributed by atoms with Crippen LogP contribution in [0.3, 0.4) is 0 Å². The van der Waals surface area contributed by atoms with Gasteiger partial charge in [-0.25, -0.2) is 9.59 Å². The first-order valence-electron chi connectivity index (χ1n) is 11.6. The van der Waals surface area contributed by atoms with Crippen LogP contribution in [-0.4, -0.2) is 70.5 Å². The number of rotatable bonds is 10. The molecule has 4 N–H and O–H groups in total. The molecule has 1 saturated heterocycles. The van der Waals surface area contributed by atoms with E-state index in [1.807, 2.05) is 18.2 Å². The molecule has 0 aromatic heterocycles. The number of ether oxygens (including phenoxy) is 1. The highest BCUT2D eigenvalue weighted by atomic mass is 16.5. The third kappa shape index (κ3) is 7.97. The van der Waals surface area contributed by atoms with Crippen LogP contribution < -0.4 is 16.0 Å². The number of alkyl carbamates (subject to hydrolysis) is 1. The summed E-state index contributed by atoms with van der Waals surface area (Å²) >= 11 is 0. The Hall–Kier alpha value is -3.63. The molecule has 192 valence electrons. The predicted molar refractivity (Wildman–Crippen MR) is 126 cm³/mol. The third-order valence-corrected chi connectivity index (χ3v) is 5.74. The van der Waals surface area contributed by atoms with Gasteiger partial charge in [0, 0.05) is 6.54 Å². The summed E-state index contributed by atoms with van der Waals surface area (Å²) in [5.41, 5.74) is 0.797. The zero-order valence-corrected chi connectivity index (χ0v) is 20.4. The van der Waals surface area contributed by atoms with Crippen molar-refractivity contribution >= 4 is 29.8 Å². The average Bonchev–Trinajstić information content (AvgIpc) is 3.30. The summed E-state index contributed by atoms with van der Waals surface area (Å²) < 4.78 is 5.10. The summed E-state index contributed by atoms with van der Waals surface area (Å²) in [5, 5.41) is 16.8. The Morgan fingerprint density at radius 3 is 2.26 bits per heavy atom. The molecule has 1 heterocycles. The van der Waals surface area contributed by atoms with Gasteiger partial charge in [-0.15, -0.1) is 0 Å². The van der Waals surface area contributed by atoms with E-state index < -0.39 is 54.0 Å². The molecule has 4 atom stereocenters. The fourth-order valence-corrected chi connectivity index (χ4v) is 3.72. The Morgan fingerprint density at radius 2 is 1.66 bits per heavy atom. The molecule has 4 amide bonds. The van der Waals surface area contributed by atoms with Gasteiger partial charge < -0.3 is 30.7 Å². The number of hydrogen-bond acceptors (Lipinski definition) is 6. The Bertz CT molecular complexity index is 922. The first-order chi connectivity index (χ1) is 16.5. The highest BCUT2D eigenvalue weighted by Gasteiger charge is 2.38. The number of carbonyl (C=O) groups excluding carboxylic acids is 4. The van der Waals surface area contributed by atoms with Gasteiger partial charge in [0.2, 0.25) is 17.7 Å². The lowest BCUT2D eigenvalue weighted by Crippen LogP contribution is -2.56. The van der Waals surface area contributed by atoms with Crippen LogP contribution in [0.15, 0.2) is 30.3 Å². The number of likely N-dealkylation sites (tertiary alicyclic amines) is 1. The molecule has 1 fully saturated rings. The topological polar surface area (TPSA) is 154 Å². The SMILES string of the molecule is CC(C)[C@H](NC(=O)C1CCCN1C(=O)[C@H](C)NC(=O)[C@H](C)NC(=O)OCc1ccccc1)C(=O)O. The van der Waals surface area contributed by atoms with Gasteiger partial charge in [0.25, 0.3) is 0 Å². The van der Waals surface area contributed by atoms with Gasteiger partial charge in [-0.05, 0) is 38.2 Å². The lowest BCUT2D eigenvalue weighted by molar-refractivity contribution is -0.145. The van der Waals surface area contributed by atoms with Crippen molar-refractivity contribution in [1.29, 1.82) is 0 Å². The van der Waals surface area contributed by atoms with Crippen molar-refractivity contribution in [2.45, 2.75) is 71.3 Å². The highest BCUT2D eigenvalue weighted by molar-refractivity contribution is 5.94. The Morgan fingerprint density at radius 1 is 1.00 bits per heavy atom. The second-order valence-corrected chi connectivity index (χ2v) is 8.92. The number of carbonyl (C=O) groups is 5. The monoisotopic (exact) mass is 490 g/mol. The zero-order valence-electron chi connectivity index (χ0n) is 20.4. The summed E-state index contributed by atoms with van der Waals surface area (Å²) in [6.07, 6.45) is 0.202. The van der Waals surface area contributed by atoms with Gasteiger partial charge in [0.05, 0.1) is 0 Å². The zero-order chi connectivity index (χ0) is 26.1. The van der Waals surface area contributed by atoms with Crippen LogP contribution in [0.5, 0.6) is 0 Å². The van der Waals surface area contributed by atoms with Crippen molar-refractivity contribution in [3.05, 3.63) is 35.9 Å². The molecule has 0 saturated carbocycles. The molecule has 11 nitrogen and oxygen atoms in total. The molecule has 1 unspecified atom stereocenters. The van der Waals surface area contributed by atoms with Crippen molar-refractivity contribution in [3.63, 3.8) is 0 Å². The number of benzene rings is 1. The maximum atomic E-state index is 13.0. The van der Waals surface area contributed by atoms with Crippen LogP contribution >= 0.6 is 0 Å². The van der Waals surface area contributed by atoms with Gasteiger partial charge in [-0.1, -0.05) is 44.2 Å². The van der Waals surface area contributed by atoms with E-state index in [1.165, 1.54) is 18.7 Å². The summed E-state index contributed by atoms with van der Waals surface area (Å²) in [7, 11) is 0. The molecule has 0 spiro atoms. The maximum absolute atomic E-state index is 13.0. The van der Waals surface area contributed by atoms with E-state index >= 15 is 0 Å². The molecule has 2 rings (SSSR count). The largest absolute Gasteiger partial charge is 0.480 e. The molecular weight excluding hydrogens is 456 g/mol. The van der Waals surface area contributed by atoms with E-state index in [0.29, 0.717) is 19.4 Å². The van der Waals surface area contributed by atoms with E-state index in [9.17, 15) is 29.1 Å². The lowest BCUT2D eigenvalue weighted by atomic mass is 10.0. The molecule has 0 radical (unpaired) electrons. The van der Waals surface area contributed by atoms with E-state index in [4.69, 9.17) is 4.74 Å². The van der Waals surface area contributed by atoms with Crippen LogP contribution in [0, 0.1) is 5.92 Å². The summed E-state index contributed by atoms with van der Waals surface area (Å²) in [6, 6.07) is 5.27. The van der Waals surface area contributed by atoms with Crippen LogP contribution in [0.1, 0.15) is 46.1 Å². The van der Waals surface area contributed by atoms with Gasteiger partial charge in [-0.3, -0.25) is 14.4 Å². The fourth-order valence-electron chi connectivity index (χ4n) is 3.72. The van der Waals surface area contributed by atoms with Crippen molar-refractivity contribution in [1.82, 2.24) is 20.9 Å². The molecule has 1 aromatic carbocycles. The Labute approximate surface area is 204 Å². The second kappa shape index (κ2) is 12.7. The van der Waals surface area contributed by atoms with Crippen molar-refractivity contribution in [2.75, 3.05) is 6.54 Å². The summed E-state index contributed by atoms with van der Waals surface area (Å²) in [5.74, 6) is -3.06. The Kier molecular flexibility index (Phi) is 10.0. The fraction of sp³-hybridized carbons (Fsp3) is 0.542. The van der Waals surface area contributed by atoms with Crippen LogP contribution in [-0.2, 0) is 30.5 Å². The van der Waals surface area contributed by atoms with Crippen LogP contribution in [0.2, 0.25) is 0 Å². The van der Waals surface area contributed by atoms with Gasteiger partial charge >= 0.3 is 12.1 Å². The molecule has 1 aliphatic heterocycles. The maximum Gasteiger partial charge on any atom is 0.408 e. The lowest BCUT2D eigenvalue weighted by Gasteiger charge is -2.29. The molecule has 11 heteroatoms. The molecule has 1 aromatic rings. The minimum Gasteiger partial charge on any atom is -0.480 e. The molecular formula is C24H34N4O7. The van der Waals surface area contributed by atoms with Crippen molar-refractivity contribution in [3.8, 4) is 0 Å². The molecule has 1 aliphatic rings. The predicted octanol–water partition coefficient (Wildman–Crippen LogP) is 1.02. The summed E-state index contributed by atoms with van der Waals surface area (Å²) in [6.45, 7) is 6.67. The second-order valence-electron chi connectivity index (χ2n) is 8.92.